The average Bonchev–Trinajstić information content (AvgIpc) is 2.59. The number of benzene rings is 2. The average molecular weight is 347 g/mol. The molecule has 2 aromatic rings. The molecule has 1 atom stereocenters. The highest BCUT2D eigenvalue weighted by Crippen LogP contribution is 2.19. The Morgan fingerprint density at radius 1 is 1.24 bits per heavy atom. The largest absolute Gasteiger partial charge is 0.384 e. The third-order valence-corrected chi connectivity index (χ3v) is 3.63. The molecule has 25 heavy (non-hydrogen) atoms. The van der Waals surface area contributed by atoms with Crippen LogP contribution in [0, 0.1) is 15.9 Å². The summed E-state index contributed by atoms with van der Waals surface area (Å²) in [5.41, 5.74) is -0.377. The number of nitrogens with one attached hydrogen (secondary N) is 2. The van der Waals surface area contributed by atoms with Crippen molar-refractivity contribution >= 4 is 11.7 Å². The molecule has 0 saturated heterocycles. The van der Waals surface area contributed by atoms with Crippen LogP contribution in [0.4, 0.5) is 14.9 Å². The van der Waals surface area contributed by atoms with Gasteiger partial charge in [0.1, 0.15) is 11.4 Å². The number of carbonyl (C=O) groups excluding carboxylic acids is 1. The first kappa shape index (κ1) is 18.3. The molecule has 2 rings (SSSR count). The number of aliphatic hydroxyl groups is 1. The lowest BCUT2D eigenvalue weighted by atomic mass is 9.96. The second-order valence-corrected chi connectivity index (χ2v) is 5.74. The van der Waals surface area contributed by atoms with Gasteiger partial charge < -0.3 is 15.7 Å². The Bertz CT molecular complexity index is 763. The highest BCUT2D eigenvalue weighted by atomic mass is 19.1. The van der Waals surface area contributed by atoms with Crippen LogP contribution in [0.1, 0.15) is 18.1 Å². The first-order valence-corrected chi connectivity index (χ1v) is 7.51. The fourth-order valence-corrected chi connectivity index (χ4v) is 2.19. The van der Waals surface area contributed by atoms with Gasteiger partial charge in [-0.15, -0.1) is 0 Å². The van der Waals surface area contributed by atoms with Crippen LogP contribution >= 0.6 is 0 Å². The van der Waals surface area contributed by atoms with Crippen molar-refractivity contribution in [2.45, 2.75) is 19.1 Å². The quantitative estimate of drug-likeness (QED) is 0.551. The maximum Gasteiger partial charge on any atom is 0.315 e. The van der Waals surface area contributed by atoms with E-state index in [-0.39, 0.29) is 18.8 Å². The Balaban J connectivity index is 1.87. The minimum atomic E-state index is -1.36. The lowest BCUT2D eigenvalue weighted by molar-refractivity contribution is -0.384. The van der Waals surface area contributed by atoms with E-state index >= 15 is 0 Å². The van der Waals surface area contributed by atoms with Gasteiger partial charge in [-0.05, 0) is 30.2 Å². The SMILES string of the molecule is CC(O)(CNC(=O)NCc1cccc([N+](=O)[O-])c1)c1ccc(F)cc1. The maximum atomic E-state index is 12.9. The monoisotopic (exact) mass is 347 g/mol. The van der Waals surface area contributed by atoms with Gasteiger partial charge in [-0.1, -0.05) is 24.3 Å². The standard InChI is InChI=1S/C17H18FN3O4/c1-17(23,13-5-7-14(18)8-6-13)11-20-16(22)19-10-12-3-2-4-15(9-12)21(24)25/h2-9,23H,10-11H2,1H3,(H2,19,20,22). The summed E-state index contributed by atoms with van der Waals surface area (Å²) >= 11 is 0. The first-order chi connectivity index (χ1) is 11.8. The van der Waals surface area contributed by atoms with Crippen LogP contribution in [0.3, 0.4) is 0 Å². The summed E-state index contributed by atoms with van der Waals surface area (Å²) in [6, 6.07) is 10.7. The minimum absolute atomic E-state index is 0.0565. The summed E-state index contributed by atoms with van der Waals surface area (Å²) in [4.78, 5) is 22.0. The van der Waals surface area contributed by atoms with Crippen LogP contribution in [0.5, 0.6) is 0 Å². The predicted molar refractivity (Wildman–Crippen MR) is 89.3 cm³/mol. The Morgan fingerprint density at radius 2 is 1.92 bits per heavy atom. The molecule has 0 fully saturated rings. The zero-order valence-corrected chi connectivity index (χ0v) is 13.5. The minimum Gasteiger partial charge on any atom is -0.384 e. The van der Waals surface area contributed by atoms with Crippen molar-refractivity contribution in [3.63, 3.8) is 0 Å². The van der Waals surface area contributed by atoms with Gasteiger partial charge >= 0.3 is 6.03 Å². The molecule has 0 aliphatic carbocycles. The van der Waals surface area contributed by atoms with Gasteiger partial charge in [0.15, 0.2) is 0 Å². The number of hydrogen-bond donors (Lipinski definition) is 3. The van der Waals surface area contributed by atoms with Gasteiger partial charge in [0.25, 0.3) is 5.69 Å². The number of carbonyl (C=O) groups is 1. The van der Waals surface area contributed by atoms with Crippen molar-refractivity contribution < 1.29 is 19.2 Å². The van der Waals surface area contributed by atoms with E-state index in [1.165, 1.54) is 49.4 Å². The molecular weight excluding hydrogens is 329 g/mol. The van der Waals surface area contributed by atoms with Crippen LogP contribution in [0.2, 0.25) is 0 Å². The number of urea groups is 1. The van der Waals surface area contributed by atoms with Gasteiger partial charge in [-0.25, -0.2) is 9.18 Å². The molecule has 0 aliphatic heterocycles. The third-order valence-electron chi connectivity index (χ3n) is 3.63. The highest BCUT2D eigenvalue weighted by Gasteiger charge is 2.23. The van der Waals surface area contributed by atoms with E-state index in [4.69, 9.17) is 0 Å². The van der Waals surface area contributed by atoms with E-state index in [1.807, 2.05) is 0 Å². The van der Waals surface area contributed by atoms with Crippen molar-refractivity contribution in [3.05, 3.63) is 75.6 Å². The molecular formula is C17H18FN3O4. The number of hydrogen-bond acceptors (Lipinski definition) is 4. The topological polar surface area (TPSA) is 104 Å². The second kappa shape index (κ2) is 7.71. The lowest BCUT2D eigenvalue weighted by Gasteiger charge is -2.24. The predicted octanol–water partition coefficient (Wildman–Crippen LogP) is 2.44. The van der Waals surface area contributed by atoms with Gasteiger partial charge in [0.2, 0.25) is 0 Å². The molecule has 0 heterocycles. The summed E-state index contributed by atoms with van der Waals surface area (Å²) in [5.74, 6) is -0.415. The summed E-state index contributed by atoms with van der Waals surface area (Å²) in [6.45, 7) is 1.52. The molecule has 0 aliphatic rings. The number of amides is 2. The van der Waals surface area contributed by atoms with Crippen LogP contribution in [-0.2, 0) is 12.1 Å². The Hall–Kier alpha value is -3.00. The van der Waals surface area contributed by atoms with Crippen LogP contribution in [-0.4, -0.2) is 22.6 Å². The van der Waals surface area contributed by atoms with E-state index in [1.54, 1.807) is 6.07 Å². The molecule has 0 spiro atoms. The van der Waals surface area contributed by atoms with Crippen molar-refractivity contribution in [1.82, 2.24) is 10.6 Å². The Kier molecular flexibility index (Phi) is 5.66. The summed E-state index contributed by atoms with van der Waals surface area (Å²) in [5, 5.41) is 26.2. The fraction of sp³-hybridized carbons (Fsp3) is 0.235. The molecule has 2 aromatic carbocycles. The van der Waals surface area contributed by atoms with Gasteiger partial charge in [-0.2, -0.15) is 0 Å². The summed E-state index contributed by atoms with van der Waals surface area (Å²) in [7, 11) is 0. The number of rotatable bonds is 6. The van der Waals surface area contributed by atoms with Crippen molar-refractivity contribution in [2.24, 2.45) is 0 Å². The number of non-ortho nitro benzene ring substituents is 1. The summed E-state index contributed by atoms with van der Waals surface area (Å²) in [6.07, 6.45) is 0. The zero-order chi connectivity index (χ0) is 18.4. The Morgan fingerprint density at radius 3 is 2.56 bits per heavy atom. The Labute approximate surface area is 143 Å². The van der Waals surface area contributed by atoms with E-state index in [0.29, 0.717) is 11.1 Å². The highest BCUT2D eigenvalue weighted by molar-refractivity contribution is 5.74. The molecule has 0 radical (unpaired) electrons. The maximum absolute atomic E-state index is 12.9. The van der Waals surface area contributed by atoms with E-state index in [0.717, 1.165) is 0 Å². The number of halogens is 1. The van der Waals surface area contributed by atoms with Crippen molar-refractivity contribution in [2.75, 3.05) is 6.54 Å². The summed E-state index contributed by atoms with van der Waals surface area (Å²) < 4.78 is 12.9. The number of nitro groups is 1. The van der Waals surface area contributed by atoms with Crippen LogP contribution in [0.15, 0.2) is 48.5 Å². The molecule has 132 valence electrons. The van der Waals surface area contributed by atoms with Crippen LogP contribution < -0.4 is 10.6 Å². The van der Waals surface area contributed by atoms with E-state index in [2.05, 4.69) is 10.6 Å². The number of nitro benzene ring substituents is 1. The smallest absolute Gasteiger partial charge is 0.315 e. The lowest BCUT2D eigenvalue weighted by Crippen LogP contribution is -2.43. The number of nitrogens with zero attached hydrogens (tertiary/aromatic N) is 1. The van der Waals surface area contributed by atoms with Crippen LogP contribution in [0.25, 0.3) is 0 Å². The molecule has 0 saturated carbocycles. The van der Waals surface area contributed by atoms with Gasteiger partial charge in [-0.3, -0.25) is 10.1 Å². The molecule has 7 nitrogen and oxygen atoms in total. The normalized spacial score (nSPS) is 12.9. The molecule has 2 amide bonds. The first-order valence-electron chi connectivity index (χ1n) is 7.51. The second-order valence-electron chi connectivity index (χ2n) is 5.74. The molecule has 0 bridgehead atoms. The van der Waals surface area contributed by atoms with Crippen molar-refractivity contribution in [3.8, 4) is 0 Å². The third kappa shape index (κ3) is 5.25. The molecule has 1 unspecified atom stereocenters. The molecule has 8 heteroatoms. The fourth-order valence-electron chi connectivity index (χ4n) is 2.19. The van der Waals surface area contributed by atoms with E-state index < -0.39 is 22.4 Å². The van der Waals surface area contributed by atoms with E-state index in [9.17, 15) is 24.4 Å². The molecule has 0 aromatic heterocycles. The van der Waals surface area contributed by atoms with Crippen molar-refractivity contribution in [1.29, 1.82) is 0 Å². The molecule has 3 N–H and O–H groups in total. The van der Waals surface area contributed by atoms with Gasteiger partial charge in [0, 0.05) is 18.7 Å². The van der Waals surface area contributed by atoms with Gasteiger partial charge in [0.05, 0.1) is 11.5 Å². The zero-order valence-electron chi connectivity index (χ0n) is 13.5.